The molecule has 2 heterocycles. The van der Waals surface area contributed by atoms with Crippen LogP contribution in [0.2, 0.25) is 0 Å². The van der Waals surface area contributed by atoms with Crippen LogP contribution in [0.1, 0.15) is 34.6 Å². The summed E-state index contributed by atoms with van der Waals surface area (Å²) >= 11 is 0. The van der Waals surface area contributed by atoms with E-state index in [9.17, 15) is 19.2 Å². The number of nitrogens with zero attached hydrogens (tertiary/aromatic N) is 7. The first-order chi connectivity index (χ1) is 21.5. The second-order valence-corrected chi connectivity index (χ2v) is 12.1. The third-order valence-electron chi connectivity index (χ3n) is 8.29. The van der Waals surface area contributed by atoms with Crippen molar-refractivity contribution in [3.05, 3.63) is 0 Å². The minimum atomic E-state index is -0.809. The number of aliphatic carboxylic acids is 2. The molecule has 0 amide bonds. The van der Waals surface area contributed by atoms with Crippen LogP contribution in [0.15, 0.2) is 0 Å². The van der Waals surface area contributed by atoms with Crippen molar-refractivity contribution >= 4 is 24.9 Å². The standard InChI is InChI=1S/C17H34N4O4.C13H25N3O4/c1-4-18-5-7-19(13-17(23)24)9-11-21(16(2)3)12-10-20(8-6-18)14-25-15-22;1-12(2)16-7-5-14(9-13(18)19)3-4-15(6-8-16)10-20-11-17/h15-16H,4-14H2,1-3H3,(H,23,24);11-12H,3-10H2,1-2H3,(H,18,19). The lowest BCUT2D eigenvalue weighted by atomic mass is 10.3. The Kier molecular flexibility index (Phi) is 21.5. The van der Waals surface area contributed by atoms with Crippen LogP contribution in [0.25, 0.3) is 0 Å². The van der Waals surface area contributed by atoms with Crippen LogP contribution in [0.4, 0.5) is 0 Å². The third-order valence-corrected chi connectivity index (χ3v) is 8.29. The van der Waals surface area contributed by atoms with Gasteiger partial charge < -0.3 is 24.6 Å². The number of rotatable bonds is 13. The lowest BCUT2D eigenvalue weighted by molar-refractivity contribution is -0.139. The predicted octanol–water partition coefficient (Wildman–Crippen LogP) is -0.619. The van der Waals surface area contributed by atoms with Crippen LogP contribution in [0.5, 0.6) is 0 Å². The molecule has 2 saturated heterocycles. The van der Waals surface area contributed by atoms with Gasteiger partial charge in [0.1, 0.15) is 13.5 Å². The normalized spacial score (nSPS) is 20.5. The third kappa shape index (κ3) is 19.0. The fourth-order valence-electron chi connectivity index (χ4n) is 5.29. The minimum absolute atomic E-state index is 0.0499. The average molecular weight is 646 g/mol. The van der Waals surface area contributed by atoms with E-state index in [0.29, 0.717) is 44.8 Å². The molecule has 0 bridgehead atoms. The predicted molar refractivity (Wildman–Crippen MR) is 171 cm³/mol. The van der Waals surface area contributed by atoms with Gasteiger partial charge in [0.25, 0.3) is 12.9 Å². The summed E-state index contributed by atoms with van der Waals surface area (Å²) in [5.74, 6) is -1.58. The van der Waals surface area contributed by atoms with Crippen LogP contribution in [-0.4, -0.2) is 206 Å². The van der Waals surface area contributed by atoms with Crippen LogP contribution in [0.3, 0.4) is 0 Å². The Morgan fingerprint density at radius 1 is 0.556 bits per heavy atom. The molecule has 2 fully saturated rings. The van der Waals surface area contributed by atoms with Gasteiger partial charge in [0.15, 0.2) is 0 Å². The quantitative estimate of drug-likeness (QED) is 0.245. The molecule has 0 spiro atoms. The maximum Gasteiger partial charge on any atom is 0.317 e. The Morgan fingerprint density at radius 2 is 0.844 bits per heavy atom. The molecule has 0 unspecified atom stereocenters. The smallest absolute Gasteiger partial charge is 0.317 e. The molecule has 15 heteroatoms. The van der Waals surface area contributed by atoms with Crippen molar-refractivity contribution in [2.45, 2.75) is 46.7 Å². The second-order valence-electron chi connectivity index (χ2n) is 12.1. The highest BCUT2D eigenvalue weighted by molar-refractivity contribution is 5.69. The number of hydrogen-bond acceptors (Lipinski definition) is 13. The molecule has 0 radical (unpaired) electrons. The molecule has 0 aromatic rings. The topological polar surface area (TPSA) is 150 Å². The SMILES string of the molecule is CC(C)N1CCN(COC=O)CCN(CC(=O)O)CC1.CCN1CCN(COC=O)CCN(C(C)C)CCN(CC(=O)O)CC1. The molecule has 15 nitrogen and oxygen atoms in total. The molecule has 0 saturated carbocycles. The zero-order valence-corrected chi connectivity index (χ0v) is 28.2. The van der Waals surface area contributed by atoms with E-state index in [1.54, 1.807) is 0 Å². The van der Waals surface area contributed by atoms with Crippen molar-refractivity contribution in [3.8, 4) is 0 Å². The van der Waals surface area contributed by atoms with E-state index in [0.717, 1.165) is 85.1 Å². The van der Waals surface area contributed by atoms with Gasteiger partial charge in [0.05, 0.1) is 13.1 Å². The Labute approximate surface area is 269 Å². The first-order valence-electron chi connectivity index (χ1n) is 16.1. The van der Waals surface area contributed by atoms with Gasteiger partial charge in [-0.1, -0.05) is 6.92 Å². The van der Waals surface area contributed by atoms with E-state index < -0.39 is 11.9 Å². The molecule has 0 aliphatic carbocycles. The number of carboxylic acid groups (broad SMARTS) is 2. The van der Waals surface area contributed by atoms with Gasteiger partial charge in [-0.3, -0.25) is 48.6 Å². The maximum atomic E-state index is 11.1. The van der Waals surface area contributed by atoms with Crippen molar-refractivity contribution in [3.63, 3.8) is 0 Å². The minimum Gasteiger partial charge on any atom is -0.480 e. The summed E-state index contributed by atoms with van der Waals surface area (Å²) in [6.07, 6.45) is 0. The van der Waals surface area contributed by atoms with E-state index >= 15 is 0 Å². The first-order valence-corrected chi connectivity index (χ1v) is 16.1. The van der Waals surface area contributed by atoms with Crippen molar-refractivity contribution in [2.75, 3.05) is 125 Å². The van der Waals surface area contributed by atoms with E-state index in [-0.39, 0.29) is 19.8 Å². The lowest BCUT2D eigenvalue weighted by Crippen LogP contribution is -2.48. The van der Waals surface area contributed by atoms with Crippen LogP contribution in [0, 0.1) is 0 Å². The van der Waals surface area contributed by atoms with E-state index in [1.807, 2.05) is 14.7 Å². The molecule has 0 aromatic carbocycles. The molecule has 262 valence electrons. The van der Waals surface area contributed by atoms with Crippen molar-refractivity contribution in [1.82, 2.24) is 34.3 Å². The van der Waals surface area contributed by atoms with Gasteiger partial charge in [0.2, 0.25) is 0 Å². The van der Waals surface area contributed by atoms with Gasteiger partial charge in [-0.25, -0.2) is 0 Å². The van der Waals surface area contributed by atoms with Crippen molar-refractivity contribution < 1.29 is 38.9 Å². The summed E-state index contributed by atoms with van der Waals surface area (Å²) in [4.78, 5) is 57.9. The average Bonchev–Trinajstić information content (AvgIpc) is 3.07. The largest absolute Gasteiger partial charge is 0.480 e. The van der Waals surface area contributed by atoms with Gasteiger partial charge in [0, 0.05) is 104 Å². The molecule has 2 rings (SSSR count). The Balaban J connectivity index is 0.000000461. The van der Waals surface area contributed by atoms with Gasteiger partial charge in [-0.15, -0.1) is 0 Å². The van der Waals surface area contributed by atoms with Gasteiger partial charge in [-0.05, 0) is 34.2 Å². The van der Waals surface area contributed by atoms with Crippen LogP contribution in [-0.2, 0) is 28.7 Å². The van der Waals surface area contributed by atoms with Gasteiger partial charge >= 0.3 is 11.9 Å². The maximum absolute atomic E-state index is 11.1. The lowest BCUT2D eigenvalue weighted by Gasteiger charge is -2.34. The fourth-order valence-corrected chi connectivity index (χ4v) is 5.29. The monoisotopic (exact) mass is 645 g/mol. The molecule has 2 aliphatic rings. The fraction of sp³-hybridized carbons (Fsp3) is 0.867. The van der Waals surface area contributed by atoms with Crippen molar-refractivity contribution in [1.29, 1.82) is 0 Å². The van der Waals surface area contributed by atoms with Crippen LogP contribution < -0.4 is 0 Å². The highest BCUT2D eigenvalue weighted by Gasteiger charge is 2.20. The summed E-state index contributed by atoms with van der Waals surface area (Å²) in [5, 5.41) is 18.1. The molecular formula is C30H59N7O8. The molecule has 2 aliphatic heterocycles. The van der Waals surface area contributed by atoms with Gasteiger partial charge in [-0.2, -0.15) is 0 Å². The summed E-state index contributed by atoms with van der Waals surface area (Å²) < 4.78 is 9.77. The number of carboxylic acids is 2. The number of hydrogen-bond donors (Lipinski definition) is 2. The summed E-state index contributed by atoms with van der Waals surface area (Å²) in [6.45, 7) is 24.5. The molecule has 2 N–H and O–H groups in total. The van der Waals surface area contributed by atoms with E-state index in [1.165, 1.54) is 0 Å². The molecule has 0 atom stereocenters. The Morgan fingerprint density at radius 3 is 1.13 bits per heavy atom. The first kappa shape index (κ1) is 40.6. The summed E-state index contributed by atoms with van der Waals surface area (Å²) in [7, 11) is 0. The van der Waals surface area contributed by atoms with E-state index in [2.05, 4.69) is 54.2 Å². The highest BCUT2D eigenvalue weighted by Crippen LogP contribution is 2.05. The Hall–Kier alpha value is -2.40. The van der Waals surface area contributed by atoms with E-state index in [4.69, 9.17) is 19.7 Å². The number of carbonyl (C=O) groups is 4. The zero-order chi connectivity index (χ0) is 33.6. The second kappa shape index (κ2) is 23.9. The number of carbonyl (C=O) groups excluding carboxylic acids is 2. The highest BCUT2D eigenvalue weighted by atomic mass is 16.5. The number of ether oxygens (including phenoxy) is 2. The van der Waals surface area contributed by atoms with Crippen molar-refractivity contribution in [2.24, 2.45) is 0 Å². The Bertz CT molecular complexity index is 838. The number of likely N-dealkylation sites (N-methyl/N-ethyl adjacent to an activating group) is 1. The van der Waals surface area contributed by atoms with Crippen LogP contribution >= 0.6 is 0 Å². The summed E-state index contributed by atoms with van der Waals surface area (Å²) in [5.41, 5.74) is 0. The molecule has 45 heavy (non-hydrogen) atoms. The molecular weight excluding hydrogens is 586 g/mol. The zero-order valence-electron chi connectivity index (χ0n) is 28.2. The molecule has 0 aromatic heterocycles. The summed E-state index contributed by atoms with van der Waals surface area (Å²) in [6, 6.07) is 0.796.